The Morgan fingerprint density at radius 3 is 2.59 bits per heavy atom. The number of hydrogen-bond donors (Lipinski definition) is 1. The van der Waals surface area contributed by atoms with Crippen molar-refractivity contribution in [1.29, 1.82) is 0 Å². The van der Waals surface area contributed by atoms with Crippen LogP contribution in [0.5, 0.6) is 0 Å². The molecule has 2 rings (SSSR count). The summed E-state index contributed by atoms with van der Waals surface area (Å²) in [5, 5.41) is 2.59. The van der Waals surface area contributed by atoms with E-state index in [0.717, 1.165) is 12.7 Å². The first-order valence-corrected chi connectivity index (χ1v) is 8.78. The molecule has 1 aliphatic heterocycles. The Hall–Kier alpha value is -1.11. The minimum Gasteiger partial charge on any atom is -0.340 e. The molecule has 2 atom stereocenters. The summed E-state index contributed by atoms with van der Waals surface area (Å²) in [4.78, 5) is 37.5. The molecule has 124 valence electrons. The van der Waals surface area contributed by atoms with Crippen molar-refractivity contribution in [3.05, 3.63) is 0 Å². The predicted octanol–water partition coefficient (Wildman–Crippen LogP) is 1.30. The standard InChI is InChI=1S/C15H23FN2O3S/c1-14(2,22-3)11(17-13(21)15(16)6-7-15)12(20)18-8-4-5-10(18)9-19/h9-11H,4-8H2,1-3H3,(H,17,21). The van der Waals surface area contributed by atoms with Crippen molar-refractivity contribution in [3.8, 4) is 0 Å². The highest BCUT2D eigenvalue weighted by Crippen LogP contribution is 2.40. The first-order valence-electron chi connectivity index (χ1n) is 7.56. The highest BCUT2D eigenvalue weighted by Gasteiger charge is 2.53. The second kappa shape index (κ2) is 6.18. The molecule has 0 aromatic rings. The summed E-state index contributed by atoms with van der Waals surface area (Å²) in [7, 11) is 0. The van der Waals surface area contributed by atoms with Crippen molar-refractivity contribution in [2.24, 2.45) is 0 Å². The minimum atomic E-state index is -1.82. The number of hydrogen-bond acceptors (Lipinski definition) is 4. The van der Waals surface area contributed by atoms with Crippen LogP contribution in [0.15, 0.2) is 0 Å². The summed E-state index contributed by atoms with van der Waals surface area (Å²) in [5.41, 5.74) is -1.82. The van der Waals surface area contributed by atoms with Crippen LogP contribution in [-0.2, 0) is 14.4 Å². The number of likely N-dealkylation sites (tertiary alicyclic amines) is 1. The Kier molecular flexibility index (Phi) is 4.84. The second-order valence-electron chi connectivity index (χ2n) is 6.56. The van der Waals surface area contributed by atoms with Gasteiger partial charge in [0, 0.05) is 11.3 Å². The number of nitrogens with zero attached hydrogens (tertiary/aromatic N) is 1. The molecule has 1 saturated carbocycles. The highest BCUT2D eigenvalue weighted by molar-refractivity contribution is 8.00. The number of carbonyl (C=O) groups is 3. The fourth-order valence-electron chi connectivity index (χ4n) is 2.62. The third kappa shape index (κ3) is 3.29. The molecule has 1 heterocycles. The van der Waals surface area contributed by atoms with E-state index < -0.39 is 28.4 Å². The fraction of sp³-hybridized carbons (Fsp3) is 0.800. The summed E-state index contributed by atoms with van der Waals surface area (Å²) in [6.45, 7) is 4.18. The lowest BCUT2D eigenvalue weighted by Gasteiger charge is -2.36. The summed E-state index contributed by atoms with van der Waals surface area (Å²) >= 11 is 1.43. The molecule has 1 aliphatic carbocycles. The van der Waals surface area contributed by atoms with E-state index in [2.05, 4.69) is 5.32 Å². The van der Waals surface area contributed by atoms with Crippen LogP contribution in [0.1, 0.15) is 39.5 Å². The van der Waals surface area contributed by atoms with E-state index in [0.29, 0.717) is 13.0 Å². The van der Waals surface area contributed by atoms with Crippen molar-refractivity contribution in [2.45, 2.75) is 62.0 Å². The summed E-state index contributed by atoms with van der Waals surface area (Å²) in [6, 6.07) is -1.28. The topological polar surface area (TPSA) is 66.5 Å². The van der Waals surface area contributed by atoms with E-state index in [9.17, 15) is 18.8 Å². The van der Waals surface area contributed by atoms with Gasteiger partial charge in [-0.1, -0.05) is 0 Å². The number of thioether (sulfide) groups is 1. The largest absolute Gasteiger partial charge is 0.340 e. The number of rotatable bonds is 6. The van der Waals surface area contributed by atoms with Crippen molar-refractivity contribution in [2.75, 3.05) is 12.8 Å². The fourth-order valence-corrected chi connectivity index (χ4v) is 3.02. The van der Waals surface area contributed by atoms with E-state index in [1.807, 2.05) is 20.1 Å². The maximum absolute atomic E-state index is 13.9. The van der Waals surface area contributed by atoms with Gasteiger partial charge < -0.3 is 15.0 Å². The van der Waals surface area contributed by atoms with E-state index in [-0.39, 0.29) is 18.7 Å². The zero-order valence-electron chi connectivity index (χ0n) is 13.2. The lowest BCUT2D eigenvalue weighted by molar-refractivity contribution is -0.140. The quantitative estimate of drug-likeness (QED) is 0.746. The molecule has 2 unspecified atom stereocenters. The first-order chi connectivity index (χ1) is 10.2. The number of alkyl halides is 1. The summed E-state index contributed by atoms with van der Waals surface area (Å²) in [5.74, 6) is -1.01. The Labute approximate surface area is 134 Å². The molecule has 5 nitrogen and oxygen atoms in total. The maximum Gasteiger partial charge on any atom is 0.258 e. The Morgan fingerprint density at radius 2 is 2.09 bits per heavy atom. The van der Waals surface area contributed by atoms with Crippen LogP contribution in [0.2, 0.25) is 0 Å². The third-order valence-electron chi connectivity index (χ3n) is 4.58. The summed E-state index contributed by atoms with van der Waals surface area (Å²) < 4.78 is 13.3. The third-order valence-corrected chi connectivity index (χ3v) is 5.87. The number of carbonyl (C=O) groups excluding carboxylic acids is 3. The van der Waals surface area contributed by atoms with E-state index >= 15 is 0 Å². The SMILES string of the molecule is CSC(C)(C)C(NC(=O)C1(F)CC1)C(=O)N1CCCC1C=O. The smallest absolute Gasteiger partial charge is 0.258 e. The van der Waals surface area contributed by atoms with Gasteiger partial charge in [-0.3, -0.25) is 9.59 Å². The monoisotopic (exact) mass is 330 g/mol. The molecular weight excluding hydrogens is 307 g/mol. The van der Waals surface area contributed by atoms with Crippen LogP contribution in [0.25, 0.3) is 0 Å². The molecule has 0 spiro atoms. The lowest BCUT2D eigenvalue weighted by Crippen LogP contribution is -2.59. The molecule has 1 saturated heterocycles. The lowest BCUT2D eigenvalue weighted by atomic mass is 10.0. The average Bonchev–Trinajstić information content (AvgIpc) is 3.06. The van der Waals surface area contributed by atoms with Crippen molar-refractivity contribution < 1.29 is 18.8 Å². The molecule has 7 heteroatoms. The van der Waals surface area contributed by atoms with Crippen molar-refractivity contribution >= 4 is 29.9 Å². The molecule has 1 N–H and O–H groups in total. The molecule has 0 bridgehead atoms. The predicted molar refractivity (Wildman–Crippen MR) is 83.4 cm³/mol. The minimum absolute atomic E-state index is 0.208. The number of aldehydes is 1. The highest BCUT2D eigenvalue weighted by atomic mass is 32.2. The van der Waals surface area contributed by atoms with Gasteiger partial charge in [0.05, 0.1) is 6.04 Å². The van der Waals surface area contributed by atoms with Gasteiger partial charge in [0.25, 0.3) is 5.91 Å². The van der Waals surface area contributed by atoms with Gasteiger partial charge in [0.15, 0.2) is 5.67 Å². The molecule has 0 radical (unpaired) electrons. The second-order valence-corrected chi connectivity index (χ2v) is 8.02. The first kappa shape index (κ1) is 17.2. The maximum atomic E-state index is 13.9. The van der Waals surface area contributed by atoms with Crippen LogP contribution in [-0.4, -0.2) is 58.3 Å². The summed E-state index contributed by atoms with van der Waals surface area (Å²) in [6.07, 6.45) is 4.44. The van der Waals surface area contributed by atoms with Crippen LogP contribution < -0.4 is 5.32 Å². The molecular formula is C15H23FN2O3S. The zero-order chi connectivity index (χ0) is 16.5. The molecule has 0 aromatic carbocycles. The van der Waals surface area contributed by atoms with Gasteiger partial charge in [0.1, 0.15) is 12.3 Å². The number of nitrogens with one attached hydrogen (secondary N) is 1. The Bertz CT molecular complexity index is 479. The molecule has 0 aromatic heterocycles. The molecule has 22 heavy (non-hydrogen) atoms. The van der Waals surface area contributed by atoms with Crippen molar-refractivity contribution in [1.82, 2.24) is 10.2 Å². The Morgan fingerprint density at radius 1 is 1.45 bits per heavy atom. The van der Waals surface area contributed by atoms with Crippen LogP contribution in [0, 0.1) is 0 Å². The zero-order valence-corrected chi connectivity index (χ0v) is 14.0. The van der Waals surface area contributed by atoms with Crippen LogP contribution in [0.3, 0.4) is 0 Å². The normalized spacial score (nSPS) is 24.7. The van der Waals surface area contributed by atoms with Gasteiger partial charge >= 0.3 is 0 Å². The van der Waals surface area contributed by atoms with Gasteiger partial charge in [-0.2, -0.15) is 11.8 Å². The molecule has 2 amide bonds. The van der Waals surface area contributed by atoms with Crippen LogP contribution >= 0.6 is 11.8 Å². The van der Waals surface area contributed by atoms with E-state index in [1.54, 1.807) is 0 Å². The van der Waals surface area contributed by atoms with Gasteiger partial charge in [-0.05, 0) is 45.8 Å². The van der Waals surface area contributed by atoms with Gasteiger partial charge in [0.2, 0.25) is 5.91 Å². The van der Waals surface area contributed by atoms with E-state index in [4.69, 9.17) is 0 Å². The molecule has 2 fully saturated rings. The van der Waals surface area contributed by atoms with Gasteiger partial charge in [-0.15, -0.1) is 0 Å². The number of amides is 2. The Balaban J connectivity index is 2.18. The van der Waals surface area contributed by atoms with Crippen molar-refractivity contribution in [3.63, 3.8) is 0 Å². The number of halogens is 1. The molecule has 2 aliphatic rings. The average molecular weight is 330 g/mol. The van der Waals surface area contributed by atoms with Crippen LogP contribution in [0.4, 0.5) is 4.39 Å². The van der Waals surface area contributed by atoms with Gasteiger partial charge in [-0.25, -0.2) is 4.39 Å². The van der Waals surface area contributed by atoms with E-state index in [1.165, 1.54) is 16.7 Å².